The van der Waals surface area contributed by atoms with Gasteiger partial charge in [-0.05, 0) is 24.8 Å². The van der Waals surface area contributed by atoms with Gasteiger partial charge in [-0.25, -0.2) is 4.39 Å². The number of dihydropyridines is 1. The topological polar surface area (TPSA) is 12.0 Å². The molecule has 1 nitrogen and oxygen atoms in total. The van der Waals surface area contributed by atoms with Crippen molar-refractivity contribution >= 4 is 0 Å². The minimum Gasteiger partial charge on any atom is -0.382 e. The maximum absolute atomic E-state index is 12.6. The summed E-state index contributed by atoms with van der Waals surface area (Å²) in [7, 11) is 0. The molecule has 0 saturated carbocycles. The van der Waals surface area contributed by atoms with E-state index >= 15 is 0 Å². The van der Waals surface area contributed by atoms with Crippen molar-refractivity contribution in [3.63, 3.8) is 0 Å². The summed E-state index contributed by atoms with van der Waals surface area (Å²) in [6, 6.07) is -0.0880. The summed E-state index contributed by atoms with van der Waals surface area (Å²) in [6.07, 6.45) is 5.72. The molecule has 50 valence electrons. The van der Waals surface area contributed by atoms with Crippen LogP contribution in [-0.4, -0.2) is 6.04 Å². The molecule has 0 aromatic rings. The van der Waals surface area contributed by atoms with Crippen LogP contribution in [0.3, 0.4) is 0 Å². The summed E-state index contributed by atoms with van der Waals surface area (Å²) in [5, 5.41) is 2.89. The van der Waals surface area contributed by atoms with Gasteiger partial charge in [0.1, 0.15) is 5.83 Å². The second kappa shape index (κ2) is 2.67. The van der Waals surface area contributed by atoms with Crippen molar-refractivity contribution in [1.82, 2.24) is 5.32 Å². The van der Waals surface area contributed by atoms with E-state index in [1.807, 2.05) is 6.92 Å². The van der Waals surface area contributed by atoms with Gasteiger partial charge in [0.05, 0.1) is 6.04 Å². The summed E-state index contributed by atoms with van der Waals surface area (Å²) >= 11 is 0. The van der Waals surface area contributed by atoms with Crippen molar-refractivity contribution in [3.05, 3.63) is 24.2 Å². The molecule has 0 aliphatic carbocycles. The average Bonchev–Trinajstić information content (AvgIpc) is 1.89. The monoisotopic (exact) mass is 127 g/mol. The predicted octanol–water partition coefficient (Wildman–Crippen LogP) is 1.74. The van der Waals surface area contributed by atoms with E-state index in [0.717, 1.165) is 6.42 Å². The van der Waals surface area contributed by atoms with Crippen molar-refractivity contribution < 1.29 is 4.39 Å². The average molecular weight is 127 g/mol. The van der Waals surface area contributed by atoms with E-state index in [0.29, 0.717) is 0 Å². The molecule has 1 unspecified atom stereocenters. The first kappa shape index (κ1) is 6.33. The summed E-state index contributed by atoms with van der Waals surface area (Å²) in [5.41, 5.74) is 0. The lowest BCUT2D eigenvalue weighted by molar-refractivity contribution is 0.487. The highest BCUT2D eigenvalue weighted by molar-refractivity contribution is 5.17. The molecule has 1 atom stereocenters. The van der Waals surface area contributed by atoms with Crippen LogP contribution in [0.1, 0.15) is 13.3 Å². The van der Waals surface area contributed by atoms with Gasteiger partial charge in [-0.1, -0.05) is 6.92 Å². The number of rotatable bonds is 1. The number of hydrogen-bond acceptors (Lipinski definition) is 1. The fourth-order valence-electron chi connectivity index (χ4n) is 0.820. The molecule has 0 amide bonds. The van der Waals surface area contributed by atoms with Crippen molar-refractivity contribution in [2.75, 3.05) is 0 Å². The van der Waals surface area contributed by atoms with Crippen molar-refractivity contribution in [3.8, 4) is 0 Å². The zero-order valence-corrected chi connectivity index (χ0v) is 5.39. The third-order valence-electron chi connectivity index (χ3n) is 1.39. The molecule has 0 aromatic heterocycles. The summed E-state index contributed by atoms with van der Waals surface area (Å²) < 4.78 is 12.6. The second-order valence-electron chi connectivity index (χ2n) is 2.04. The number of halogens is 1. The molecule has 1 rings (SSSR count). The normalized spacial score (nSPS) is 25.1. The van der Waals surface area contributed by atoms with Crippen molar-refractivity contribution in [1.29, 1.82) is 0 Å². The van der Waals surface area contributed by atoms with Gasteiger partial charge < -0.3 is 5.32 Å². The van der Waals surface area contributed by atoms with E-state index in [2.05, 4.69) is 5.32 Å². The second-order valence-corrected chi connectivity index (χ2v) is 2.04. The number of nitrogens with one attached hydrogen (secondary N) is 1. The van der Waals surface area contributed by atoms with Gasteiger partial charge >= 0.3 is 0 Å². The fourth-order valence-corrected chi connectivity index (χ4v) is 0.820. The molecule has 0 radical (unpaired) electrons. The van der Waals surface area contributed by atoms with E-state index in [1.54, 1.807) is 12.3 Å². The molecular formula is C7H10FN. The molecule has 0 aromatic carbocycles. The lowest BCUT2D eigenvalue weighted by Crippen LogP contribution is -2.25. The molecule has 9 heavy (non-hydrogen) atoms. The summed E-state index contributed by atoms with van der Waals surface area (Å²) in [4.78, 5) is 0. The third kappa shape index (κ3) is 1.31. The number of hydrogen-bond donors (Lipinski definition) is 1. The summed E-state index contributed by atoms with van der Waals surface area (Å²) in [6.45, 7) is 1.95. The SMILES string of the molecule is CCC1NC=CC=C1F. The maximum atomic E-state index is 12.6. The Bertz CT molecular complexity index is 149. The fraction of sp³-hybridized carbons (Fsp3) is 0.429. The van der Waals surface area contributed by atoms with Crippen LogP contribution in [0.15, 0.2) is 24.2 Å². The molecule has 0 bridgehead atoms. The largest absolute Gasteiger partial charge is 0.382 e. The van der Waals surface area contributed by atoms with Gasteiger partial charge in [-0.15, -0.1) is 0 Å². The van der Waals surface area contributed by atoms with E-state index in [-0.39, 0.29) is 11.9 Å². The Hall–Kier alpha value is -0.790. The highest BCUT2D eigenvalue weighted by Crippen LogP contribution is 2.10. The highest BCUT2D eigenvalue weighted by Gasteiger charge is 2.10. The first-order valence-electron chi connectivity index (χ1n) is 3.13. The van der Waals surface area contributed by atoms with Crippen molar-refractivity contribution in [2.45, 2.75) is 19.4 Å². The molecule has 1 heterocycles. The number of allylic oxidation sites excluding steroid dienone is 2. The van der Waals surface area contributed by atoms with Crippen LogP contribution in [0.5, 0.6) is 0 Å². The lowest BCUT2D eigenvalue weighted by atomic mass is 10.1. The Labute approximate surface area is 54.3 Å². The Morgan fingerprint density at radius 3 is 3.00 bits per heavy atom. The van der Waals surface area contributed by atoms with E-state index in [4.69, 9.17) is 0 Å². The van der Waals surface area contributed by atoms with Gasteiger partial charge in [0, 0.05) is 0 Å². The Balaban J connectivity index is 2.59. The summed E-state index contributed by atoms with van der Waals surface area (Å²) in [5.74, 6) is -0.0694. The van der Waals surface area contributed by atoms with Gasteiger partial charge in [0.15, 0.2) is 0 Å². The first-order valence-corrected chi connectivity index (χ1v) is 3.13. The van der Waals surface area contributed by atoms with E-state index < -0.39 is 0 Å². The Morgan fingerprint density at radius 1 is 1.78 bits per heavy atom. The molecular weight excluding hydrogens is 117 g/mol. The van der Waals surface area contributed by atoms with Gasteiger partial charge in [-0.3, -0.25) is 0 Å². The highest BCUT2D eigenvalue weighted by atomic mass is 19.1. The lowest BCUT2D eigenvalue weighted by Gasteiger charge is -2.14. The maximum Gasteiger partial charge on any atom is 0.122 e. The molecule has 1 aliphatic rings. The van der Waals surface area contributed by atoms with Crippen LogP contribution in [-0.2, 0) is 0 Å². The van der Waals surface area contributed by atoms with Gasteiger partial charge in [0.25, 0.3) is 0 Å². The predicted molar refractivity (Wildman–Crippen MR) is 35.5 cm³/mol. The molecule has 1 N–H and O–H groups in total. The van der Waals surface area contributed by atoms with Crippen LogP contribution in [0.4, 0.5) is 4.39 Å². The zero-order chi connectivity index (χ0) is 6.69. The van der Waals surface area contributed by atoms with E-state index in [1.165, 1.54) is 6.08 Å². The van der Waals surface area contributed by atoms with Crippen LogP contribution in [0, 0.1) is 0 Å². The van der Waals surface area contributed by atoms with Crippen LogP contribution < -0.4 is 5.32 Å². The van der Waals surface area contributed by atoms with Crippen molar-refractivity contribution in [2.24, 2.45) is 0 Å². The minimum absolute atomic E-state index is 0.0694. The van der Waals surface area contributed by atoms with Gasteiger partial charge in [-0.2, -0.15) is 0 Å². The Kier molecular flexibility index (Phi) is 1.88. The molecule has 0 fully saturated rings. The Morgan fingerprint density at radius 2 is 2.56 bits per heavy atom. The standard InChI is InChI=1S/C7H10FN/c1-2-7-6(8)4-3-5-9-7/h3-5,7,9H,2H2,1H3. The quantitative estimate of drug-likeness (QED) is 0.565. The van der Waals surface area contributed by atoms with Crippen LogP contribution in [0.25, 0.3) is 0 Å². The third-order valence-corrected chi connectivity index (χ3v) is 1.39. The minimum atomic E-state index is -0.0880. The van der Waals surface area contributed by atoms with Gasteiger partial charge in [0.2, 0.25) is 0 Å². The molecule has 0 spiro atoms. The van der Waals surface area contributed by atoms with Crippen LogP contribution >= 0.6 is 0 Å². The first-order chi connectivity index (χ1) is 4.34. The van der Waals surface area contributed by atoms with Crippen LogP contribution in [0.2, 0.25) is 0 Å². The molecule has 0 saturated heterocycles. The zero-order valence-electron chi connectivity index (χ0n) is 5.39. The molecule has 1 aliphatic heterocycles. The smallest absolute Gasteiger partial charge is 0.122 e. The van der Waals surface area contributed by atoms with E-state index in [9.17, 15) is 4.39 Å². The molecule has 2 heteroatoms.